The van der Waals surface area contributed by atoms with Gasteiger partial charge in [-0.3, -0.25) is 4.79 Å². The molecule has 8 heteroatoms. The van der Waals surface area contributed by atoms with Gasteiger partial charge in [-0.05, 0) is 37.5 Å². The molecule has 130 valence electrons. The van der Waals surface area contributed by atoms with Crippen LogP contribution < -0.4 is 10.6 Å². The van der Waals surface area contributed by atoms with Gasteiger partial charge in [0.05, 0.1) is 16.5 Å². The van der Waals surface area contributed by atoms with E-state index in [9.17, 15) is 4.79 Å². The monoisotopic (exact) mass is 384 g/mol. The van der Waals surface area contributed by atoms with Crippen molar-refractivity contribution in [3.05, 3.63) is 28.3 Å². The molecule has 2 aromatic rings. The van der Waals surface area contributed by atoms with Gasteiger partial charge in [0, 0.05) is 6.54 Å². The van der Waals surface area contributed by atoms with Gasteiger partial charge in [-0.2, -0.15) is 0 Å². The van der Waals surface area contributed by atoms with Crippen LogP contribution in [-0.2, 0) is 4.79 Å². The largest absolute Gasteiger partial charge is 0.360 e. The van der Waals surface area contributed by atoms with Crippen molar-refractivity contribution in [2.75, 3.05) is 22.9 Å². The molecule has 1 amide bonds. The highest BCUT2D eigenvalue weighted by Gasteiger charge is 2.12. The maximum Gasteiger partial charge on any atom is 0.234 e. The van der Waals surface area contributed by atoms with Crippen LogP contribution in [0.5, 0.6) is 0 Å². The molecule has 0 aliphatic heterocycles. The average Bonchev–Trinajstić information content (AvgIpc) is 2.97. The number of anilines is 2. The number of amides is 1. The van der Waals surface area contributed by atoms with Crippen LogP contribution in [0.15, 0.2) is 16.5 Å². The molecule has 0 spiro atoms. The van der Waals surface area contributed by atoms with Crippen molar-refractivity contribution >= 4 is 51.4 Å². The van der Waals surface area contributed by atoms with Crippen molar-refractivity contribution in [2.45, 2.75) is 38.0 Å². The predicted octanol–water partition coefficient (Wildman–Crippen LogP) is 4.75. The summed E-state index contributed by atoms with van der Waals surface area (Å²) in [6.45, 7) is 6.94. The highest BCUT2D eigenvalue weighted by molar-refractivity contribution is 8.01. The summed E-state index contributed by atoms with van der Waals surface area (Å²) in [6, 6.07) is 3.84. The lowest BCUT2D eigenvalue weighted by Gasteiger charge is -2.11. The molecule has 0 saturated heterocycles. The predicted molar refractivity (Wildman–Crippen MR) is 104 cm³/mol. The Hall–Kier alpha value is -1.31. The Balaban J connectivity index is 1.85. The molecule has 2 rings (SSSR count). The van der Waals surface area contributed by atoms with E-state index >= 15 is 0 Å². The topological polar surface area (TPSA) is 66.9 Å². The Morgan fingerprint density at radius 1 is 1.33 bits per heavy atom. The Morgan fingerprint density at radius 2 is 2.12 bits per heavy atom. The van der Waals surface area contributed by atoms with Crippen molar-refractivity contribution in [1.29, 1.82) is 0 Å². The van der Waals surface area contributed by atoms with Crippen LogP contribution in [0.25, 0.3) is 0 Å². The number of thioether (sulfide) groups is 1. The van der Waals surface area contributed by atoms with Gasteiger partial charge in [0.15, 0.2) is 4.34 Å². The van der Waals surface area contributed by atoms with Gasteiger partial charge in [0.2, 0.25) is 11.0 Å². The van der Waals surface area contributed by atoms with Crippen molar-refractivity contribution < 1.29 is 4.79 Å². The highest BCUT2D eigenvalue weighted by Crippen LogP contribution is 2.29. The lowest BCUT2D eigenvalue weighted by atomic mass is 10.1. The van der Waals surface area contributed by atoms with Gasteiger partial charge < -0.3 is 10.6 Å². The summed E-state index contributed by atoms with van der Waals surface area (Å²) in [7, 11) is 0. The summed E-state index contributed by atoms with van der Waals surface area (Å²) in [6.07, 6.45) is 2.23. The van der Waals surface area contributed by atoms with E-state index in [-0.39, 0.29) is 11.7 Å². The summed E-state index contributed by atoms with van der Waals surface area (Å²) in [5.74, 6) is 0.164. The molecule has 0 aliphatic rings. The second kappa shape index (κ2) is 9.25. The van der Waals surface area contributed by atoms with E-state index in [2.05, 4.69) is 27.8 Å². The number of hydrogen-bond acceptors (Lipinski definition) is 6. The van der Waals surface area contributed by atoms with Gasteiger partial charge in [0.25, 0.3) is 0 Å². The van der Waals surface area contributed by atoms with Crippen molar-refractivity contribution in [3.8, 4) is 0 Å². The van der Waals surface area contributed by atoms with E-state index in [1.807, 2.05) is 26.0 Å². The molecule has 0 radical (unpaired) electrons. The third-order valence-electron chi connectivity index (χ3n) is 3.24. The smallest absolute Gasteiger partial charge is 0.234 e. The maximum absolute atomic E-state index is 12.1. The first-order valence-corrected chi connectivity index (χ1v) is 9.94. The normalized spacial score (nSPS) is 10.7. The lowest BCUT2D eigenvalue weighted by molar-refractivity contribution is -0.113. The molecule has 0 unspecified atom stereocenters. The summed E-state index contributed by atoms with van der Waals surface area (Å²) in [5, 5.41) is 15.6. The zero-order chi connectivity index (χ0) is 17.5. The number of rotatable bonds is 8. The molecule has 0 aliphatic carbocycles. The van der Waals surface area contributed by atoms with Gasteiger partial charge in [-0.1, -0.05) is 54.1 Å². The number of nitrogens with one attached hydrogen (secondary N) is 2. The third kappa shape index (κ3) is 5.65. The number of benzene rings is 1. The quantitative estimate of drug-likeness (QED) is 0.507. The molecule has 1 aromatic heterocycles. The van der Waals surface area contributed by atoms with Crippen molar-refractivity contribution in [1.82, 2.24) is 10.2 Å². The van der Waals surface area contributed by atoms with Crippen LogP contribution in [-0.4, -0.2) is 28.4 Å². The van der Waals surface area contributed by atoms with Crippen molar-refractivity contribution in [3.63, 3.8) is 0 Å². The minimum Gasteiger partial charge on any atom is -0.360 e. The molecule has 1 aromatic carbocycles. The molecule has 2 N–H and O–H groups in total. The second-order valence-corrected chi connectivity index (χ2v) is 8.04. The van der Waals surface area contributed by atoms with Crippen LogP contribution in [0.1, 0.15) is 30.9 Å². The average molecular weight is 385 g/mol. The fourth-order valence-corrected chi connectivity index (χ4v) is 4.03. The van der Waals surface area contributed by atoms with Crippen LogP contribution in [0.4, 0.5) is 10.8 Å². The molecular weight excluding hydrogens is 364 g/mol. The minimum atomic E-state index is -0.107. The number of aryl methyl sites for hydroxylation is 2. The number of halogens is 1. The molecular formula is C16H21ClN4OS2. The first-order valence-electron chi connectivity index (χ1n) is 7.76. The fourth-order valence-electron chi connectivity index (χ4n) is 2.09. The van der Waals surface area contributed by atoms with Crippen LogP contribution in [0.2, 0.25) is 5.02 Å². The standard InChI is InChI=1S/C16H21ClN4OS2/c1-4-5-6-18-15-20-21-16(24-15)23-9-13(22)19-14-11(3)7-10(2)8-12(14)17/h7-8H,4-6,9H2,1-3H3,(H,18,20)(H,19,22). The number of carbonyl (C=O) groups excluding carboxylic acids is 1. The van der Waals surface area contributed by atoms with Crippen LogP contribution >= 0.6 is 34.7 Å². The number of aromatic nitrogens is 2. The fraction of sp³-hybridized carbons (Fsp3) is 0.438. The van der Waals surface area contributed by atoms with E-state index in [1.54, 1.807) is 0 Å². The number of hydrogen-bond donors (Lipinski definition) is 2. The minimum absolute atomic E-state index is 0.107. The Kier molecular flexibility index (Phi) is 7.33. The van der Waals surface area contributed by atoms with Gasteiger partial charge in [-0.15, -0.1) is 10.2 Å². The first kappa shape index (κ1) is 19.0. The summed E-state index contributed by atoms with van der Waals surface area (Å²) < 4.78 is 0.774. The van der Waals surface area contributed by atoms with E-state index in [1.165, 1.54) is 23.1 Å². The van der Waals surface area contributed by atoms with Gasteiger partial charge in [0.1, 0.15) is 0 Å². The van der Waals surface area contributed by atoms with Crippen LogP contribution in [0.3, 0.4) is 0 Å². The van der Waals surface area contributed by atoms with Crippen LogP contribution in [0, 0.1) is 13.8 Å². The van der Waals surface area contributed by atoms with E-state index in [0.717, 1.165) is 40.0 Å². The summed E-state index contributed by atoms with van der Waals surface area (Å²) in [5.41, 5.74) is 2.70. The zero-order valence-electron chi connectivity index (χ0n) is 14.0. The van der Waals surface area contributed by atoms with Crippen molar-refractivity contribution in [2.24, 2.45) is 0 Å². The zero-order valence-corrected chi connectivity index (χ0v) is 16.4. The van der Waals surface area contributed by atoms with Gasteiger partial charge >= 0.3 is 0 Å². The molecule has 1 heterocycles. The second-order valence-electron chi connectivity index (χ2n) is 5.43. The Morgan fingerprint density at radius 3 is 2.83 bits per heavy atom. The lowest BCUT2D eigenvalue weighted by Crippen LogP contribution is -2.15. The van der Waals surface area contributed by atoms with E-state index < -0.39 is 0 Å². The number of carbonyl (C=O) groups is 1. The summed E-state index contributed by atoms with van der Waals surface area (Å²) in [4.78, 5) is 12.1. The maximum atomic E-state index is 12.1. The third-order valence-corrected chi connectivity index (χ3v) is 5.55. The van der Waals surface area contributed by atoms with E-state index in [0.29, 0.717) is 10.7 Å². The molecule has 0 bridgehead atoms. The van der Waals surface area contributed by atoms with Gasteiger partial charge in [-0.25, -0.2) is 0 Å². The SMILES string of the molecule is CCCCNc1nnc(SCC(=O)Nc2c(C)cc(C)cc2Cl)s1. The molecule has 0 atom stereocenters. The van der Waals surface area contributed by atoms with E-state index in [4.69, 9.17) is 11.6 Å². The number of unbranched alkanes of at least 4 members (excludes halogenated alkanes) is 1. The molecule has 0 fully saturated rings. The molecule has 5 nitrogen and oxygen atoms in total. The Labute approximate surface area is 155 Å². The Bertz CT molecular complexity index is 682. The number of nitrogens with zero attached hydrogens (tertiary/aromatic N) is 2. The first-order chi connectivity index (χ1) is 11.5. The summed E-state index contributed by atoms with van der Waals surface area (Å²) >= 11 is 9.05. The molecule has 0 saturated carbocycles. The molecule has 24 heavy (non-hydrogen) atoms. The highest BCUT2D eigenvalue weighted by atomic mass is 35.5.